The van der Waals surface area contributed by atoms with Crippen molar-refractivity contribution in [3.05, 3.63) is 63.0 Å². The highest BCUT2D eigenvalue weighted by molar-refractivity contribution is 9.10. The van der Waals surface area contributed by atoms with Crippen LogP contribution in [0.1, 0.15) is 5.56 Å². The first-order valence-corrected chi connectivity index (χ1v) is 7.46. The van der Waals surface area contributed by atoms with E-state index in [1.54, 1.807) is 0 Å². The van der Waals surface area contributed by atoms with Crippen LogP contribution in [0.2, 0.25) is 0 Å². The number of halogens is 2. The fourth-order valence-corrected chi connectivity index (χ4v) is 2.56. The molecular weight excluding hydrogens is 370 g/mol. The first-order chi connectivity index (χ1) is 9.20. The second kappa shape index (κ2) is 5.39. The average Bonchev–Trinajstić information content (AvgIpc) is 2.42. The minimum atomic E-state index is -0.144. The lowest BCUT2D eigenvalue weighted by atomic mass is 10.1. The van der Waals surface area contributed by atoms with E-state index in [4.69, 9.17) is 4.74 Å². The van der Waals surface area contributed by atoms with E-state index in [0.29, 0.717) is 0 Å². The van der Waals surface area contributed by atoms with Crippen LogP contribution in [0.15, 0.2) is 57.5 Å². The van der Waals surface area contributed by atoms with Gasteiger partial charge in [-0.15, -0.1) is 0 Å². The Labute approximate surface area is 128 Å². The molecule has 2 aromatic rings. The summed E-state index contributed by atoms with van der Waals surface area (Å²) in [7, 11) is 0. The van der Waals surface area contributed by atoms with Crippen molar-refractivity contribution in [1.82, 2.24) is 0 Å². The van der Waals surface area contributed by atoms with Gasteiger partial charge in [-0.1, -0.05) is 31.9 Å². The highest BCUT2D eigenvalue weighted by Crippen LogP contribution is 2.29. The summed E-state index contributed by atoms with van der Waals surface area (Å²) in [6.07, 6.45) is 3.94. The summed E-state index contributed by atoms with van der Waals surface area (Å²) in [6, 6.07) is 14.0. The third-order valence-corrected chi connectivity index (χ3v) is 3.85. The minimum absolute atomic E-state index is 0.144. The first-order valence-electron chi connectivity index (χ1n) is 5.87. The minimum Gasteiger partial charge on any atom is -0.467 e. The molecule has 1 aliphatic rings. The van der Waals surface area contributed by atoms with Gasteiger partial charge in [0.15, 0.2) is 6.23 Å². The van der Waals surface area contributed by atoms with Crippen LogP contribution in [0, 0.1) is 0 Å². The van der Waals surface area contributed by atoms with Gasteiger partial charge in [0.25, 0.3) is 0 Å². The Kier molecular flexibility index (Phi) is 3.62. The Morgan fingerprint density at radius 3 is 2.47 bits per heavy atom. The molecule has 0 fully saturated rings. The lowest BCUT2D eigenvalue weighted by Crippen LogP contribution is -2.25. The normalized spacial score (nSPS) is 16.6. The van der Waals surface area contributed by atoms with E-state index < -0.39 is 0 Å². The zero-order valence-electron chi connectivity index (χ0n) is 9.94. The monoisotopic (exact) mass is 379 g/mol. The second-order valence-electron chi connectivity index (χ2n) is 4.23. The molecule has 1 atom stereocenters. The van der Waals surface area contributed by atoms with Crippen LogP contribution in [0.4, 0.5) is 5.69 Å². The van der Waals surface area contributed by atoms with Gasteiger partial charge in [0.2, 0.25) is 0 Å². The molecule has 0 bridgehead atoms. The highest BCUT2D eigenvalue weighted by atomic mass is 79.9. The Hall–Kier alpha value is -1.26. The summed E-state index contributed by atoms with van der Waals surface area (Å²) in [5, 5.41) is 3.32. The molecule has 0 radical (unpaired) electrons. The number of hydrogen-bond acceptors (Lipinski definition) is 2. The van der Waals surface area contributed by atoms with Crippen molar-refractivity contribution in [1.29, 1.82) is 0 Å². The second-order valence-corrected chi connectivity index (χ2v) is 6.06. The fraction of sp³-hybridized carbons (Fsp3) is 0.0667. The molecule has 0 amide bonds. The Morgan fingerprint density at radius 1 is 0.947 bits per heavy atom. The Morgan fingerprint density at radius 2 is 1.68 bits per heavy atom. The molecule has 2 aromatic carbocycles. The summed E-state index contributed by atoms with van der Waals surface area (Å²) in [5.41, 5.74) is 2.11. The molecule has 0 aromatic heterocycles. The number of anilines is 1. The van der Waals surface area contributed by atoms with Gasteiger partial charge in [0, 0.05) is 20.2 Å². The van der Waals surface area contributed by atoms with Gasteiger partial charge in [-0.05, 0) is 54.6 Å². The molecule has 2 nitrogen and oxygen atoms in total. The van der Waals surface area contributed by atoms with Gasteiger partial charge in [-0.2, -0.15) is 0 Å². The van der Waals surface area contributed by atoms with Crippen molar-refractivity contribution in [3.63, 3.8) is 0 Å². The molecule has 3 rings (SSSR count). The van der Waals surface area contributed by atoms with E-state index in [1.807, 2.05) is 48.5 Å². The molecule has 96 valence electrons. The lowest BCUT2D eigenvalue weighted by molar-refractivity contribution is 0.274. The van der Waals surface area contributed by atoms with Crippen molar-refractivity contribution in [3.8, 4) is 5.75 Å². The van der Waals surface area contributed by atoms with Gasteiger partial charge < -0.3 is 10.1 Å². The van der Waals surface area contributed by atoms with Crippen LogP contribution < -0.4 is 10.1 Å². The molecule has 1 heterocycles. The third kappa shape index (κ3) is 3.01. The smallest absolute Gasteiger partial charge is 0.189 e. The van der Waals surface area contributed by atoms with Gasteiger partial charge in [-0.3, -0.25) is 0 Å². The molecule has 0 saturated heterocycles. The quantitative estimate of drug-likeness (QED) is 0.786. The van der Waals surface area contributed by atoms with Crippen molar-refractivity contribution in [2.45, 2.75) is 6.23 Å². The van der Waals surface area contributed by atoms with E-state index in [9.17, 15) is 0 Å². The van der Waals surface area contributed by atoms with Crippen molar-refractivity contribution in [2.75, 3.05) is 5.32 Å². The summed E-state index contributed by atoms with van der Waals surface area (Å²) in [6.45, 7) is 0. The fourth-order valence-electron chi connectivity index (χ4n) is 1.91. The molecule has 1 N–H and O–H groups in total. The van der Waals surface area contributed by atoms with Crippen LogP contribution in [-0.4, -0.2) is 6.23 Å². The maximum Gasteiger partial charge on any atom is 0.189 e. The maximum absolute atomic E-state index is 5.89. The molecule has 1 unspecified atom stereocenters. The van der Waals surface area contributed by atoms with E-state index in [0.717, 1.165) is 25.9 Å². The van der Waals surface area contributed by atoms with E-state index in [1.165, 1.54) is 0 Å². The lowest BCUT2D eigenvalue weighted by Gasteiger charge is -2.23. The van der Waals surface area contributed by atoms with Gasteiger partial charge in [-0.25, -0.2) is 0 Å². The van der Waals surface area contributed by atoms with Gasteiger partial charge >= 0.3 is 0 Å². The van der Waals surface area contributed by atoms with Crippen molar-refractivity contribution < 1.29 is 4.74 Å². The van der Waals surface area contributed by atoms with Crippen molar-refractivity contribution >= 4 is 43.6 Å². The molecule has 0 spiro atoms. The molecule has 0 saturated carbocycles. The van der Waals surface area contributed by atoms with E-state index >= 15 is 0 Å². The van der Waals surface area contributed by atoms with Crippen LogP contribution >= 0.6 is 31.9 Å². The van der Waals surface area contributed by atoms with E-state index in [-0.39, 0.29) is 6.23 Å². The number of fused-ring (bicyclic) bond motifs is 1. The maximum atomic E-state index is 5.89. The highest BCUT2D eigenvalue weighted by Gasteiger charge is 2.14. The predicted octanol–water partition coefficient (Wildman–Crippen LogP) is 5.06. The third-order valence-electron chi connectivity index (χ3n) is 2.83. The number of ether oxygens (including phenoxy) is 1. The topological polar surface area (TPSA) is 21.3 Å². The summed E-state index contributed by atoms with van der Waals surface area (Å²) < 4.78 is 8.01. The summed E-state index contributed by atoms with van der Waals surface area (Å²) in [4.78, 5) is 0. The van der Waals surface area contributed by atoms with Crippen LogP contribution in [0.25, 0.3) is 6.08 Å². The molecule has 19 heavy (non-hydrogen) atoms. The van der Waals surface area contributed by atoms with Crippen LogP contribution in [0.3, 0.4) is 0 Å². The zero-order valence-corrected chi connectivity index (χ0v) is 13.1. The Bertz CT molecular complexity index is 623. The molecule has 4 heteroatoms. The zero-order chi connectivity index (χ0) is 13.2. The summed E-state index contributed by atoms with van der Waals surface area (Å²) >= 11 is 6.88. The summed E-state index contributed by atoms with van der Waals surface area (Å²) in [5.74, 6) is 0.889. The largest absolute Gasteiger partial charge is 0.467 e. The molecule has 1 aliphatic heterocycles. The number of hydrogen-bond donors (Lipinski definition) is 1. The molecule has 0 aliphatic carbocycles. The van der Waals surface area contributed by atoms with Crippen LogP contribution in [0.5, 0.6) is 5.75 Å². The standard InChI is InChI=1S/C15H11Br2NO/c16-11-2-5-13(6-3-11)18-15-8-1-10-9-12(17)4-7-14(10)19-15/h1-9,15,18H. The van der Waals surface area contributed by atoms with Crippen molar-refractivity contribution in [2.24, 2.45) is 0 Å². The Balaban J connectivity index is 1.76. The number of rotatable bonds is 2. The number of nitrogens with one attached hydrogen (secondary N) is 1. The SMILES string of the molecule is Brc1ccc(NC2C=Cc3cc(Br)ccc3O2)cc1. The molecular formula is C15H11Br2NO. The van der Waals surface area contributed by atoms with Gasteiger partial charge in [0.05, 0.1) is 0 Å². The number of benzene rings is 2. The predicted molar refractivity (Wildman–Crippen MR) is 85.4 cm³/mol. The average molecular weight is 381 g/mol. The van der Waals surface area contributed by atoms with Crippen LogP contribution in [-0.2, 0) is 0 Å². The first kappa shape index (κ1) is 12.8. The van der Waals surface area contributed by atoms with E-state index in [2.05, 4.69) is 43.3 Å². The van der Waals surface area contributed by atoms with Gasteiger partial charge in [0.1, 0.15) is 5.75 Å².